The van der Waals surface area contributed by atoms with E-state index in [1.54, 1.807) is 6.07 Å². The van der Waals surface area contributed by atoms with Gasteiger partial charge in [-0.25, -0.2) is 0 Å². The predicted octanol–water partition coefficient (Wildman–Crippen LogP) is 6.40. The van der Waals surface area contributed by atoms with Crippen molar-refractivity contribution < 1.29 is 14.6 Å². The first-order chi connectivity index (χ1) is 14.6. The third kappa shape index (κ3) is 4.77. The van der Waals surface area contributed by atoms with Crippen LogP contribution in [0.1, 0.15) is 47.5 Å². The number of rotatable bonds is 5. The molecule has 0 saturated heterocycles. The van der Waals surface area contributed by atoms with Gasteiger partial charge in [0, 0.05) is 22.7 Å². The molecule has 3 aromatic carbocycles. The summed E-state index contributed by atoms with van der Waals surface area (Å²) in [6, 6.07) is 22.3. The van der Waals surface area contributed by atoms with Gasteiger partial charge >= 0.3 is 0 Å². The van der Waals surface area contributed by atoms with E-state index in [2.05, 4.69) is 29.6 Å². The van der Waals surface area contributed by atoms with Crippen LogP contribution in [0.25, 0.3) is 0 Å². The van der Waals surface area contributed by atoms with Gasteiger partial charge in [-0.05, 0) is 55.2 Å². The Kier molecular flexibility index (Phi) is 6.24. The highest BCUT2D eigenvalue weighted by molar-refractivity contribution is 6.31. The van der Waals surface area contributed by atoms with Crippen molar-refractivity contribution in [3.8, 4) is 11.5 Å². The van der Waals surface area contributed by atoms with E-state index < -0.39 is 5.91 Å². The second-order valence-electron chi connectivity index (χ2n) is 7.60. The molecule has 0 spiro atoms. The Labute approximate surface area is 181 Å². The van der Waals surface area contributed by atoms with Crippen LogP contribution in [0.5, 0.6) is 11.5 Å². The number of carbonyl (C=O) groups excluding carboxylic acids is 1. The minimum Gasteiger partial charge on any atom is -0.507 e. The second kappa shape index (κ2) is 9.23. The number of phenolic OH excluding ortho intramolecular Hbond substituents is 1. The summed E-state index contributed by atoms with van der Waals surface area (Å²) in [4.78, 5) is 12.6. The number of anilines is 1. The lowest BCUT2D eigenvalue weighted by Gasteiger charge is -2.32. The van der Waals surface area contributed by atoms with Crippen molar-refractivity contribution in [1.82, 2.24) is 0 Å². The molecule has 0 radical (unpaired) electrons. The molecule has 1 amide bonds. The van der Waals surface area contributed by atoms with E-state index in [1.807, 2.05) is 24.3 Å². The number of benzene rings is 3. The van der Waals surface area contributed by atoms with Crippen molar-refractivity contribution in [3.63, 3.8) is 0 Å². The lowest BCUT2D eigenvalue weighted by atomic mass is 9.81. The first-order valence-electron chi connectivity index (χ1n) is 10.2. The number of nitrogens with one attached hydrogen (secondary N) is 1. The summed E-state index contributed by atoms with van der Waals surface area (Å²) in [7, 11) is 0. The quantitative estimate of drug-likeness (QED) is 0.500. The van der Waals surface area contributed by atoms with Crippen LogP contribution >= 0.6 is 11.6 Å². The van der Waals surface area contributed by atoms with E-state index in [4.69, 9.17) is 16.3 Å². The Bertz CT molecular complexity index is 1020. The number of carbonyl (C=O) groups is 1. The molecule has 0 aliphatic heterocycles. The van der Waals surface area contributed by atoms with Gasteiger partial charge in [-0.3, -0.25) is 4.79 Å². The molecule has 5 heteroatoms. The van der Waals surface area contributed by atoms with Crippen molar-refractivity contribution >= 4 is 23.2 Å². The minimum atomic E-state index is -0.424. The zero-order chi connectivity index (χ0) is 20.9. The molecule has 1 fully saturated rings. The minimum absolute atomic E-state index is 0.101. The van der Waals surface area contributed by atoms with Gasteiger partial charge in [0.25, 0.3) is 5.91 Å². The molecule has 0 bridgehead atoms. The molecule has 1 saturated carbocycles. The lowest BCUT2D eigenvalue weighted by Crippen LogP contribution is -2.28. The highest BCUT2D eigenvalue weighted by Gasteiger charge is 2.28. The van der Waals surface area contributed by atoms with E-state index in [0.717, 1.165) is 25.0 Å². The Morgan fingerprint density at radius 3 is 2.60 bits per heavy atom. The van der Waals surface area contributed by atoms with Crippen LogP contribution < -0.4 is 10.1 Å². The van der Waals surface area contributed by atoms with Crippen LogP contribution in [-0.4, -0.2) is 17.1 Å². The van der Waals surface area contributed by atoms with Gasteiger partial charge in [0.2, 0.25) is 0 Å². The fourth-order valence-corrected chi connectivity index (χ4v) is 4.20. The average Bonchev–Trinajstić information content (AvgIpc) is 2.76. The maximum absolute atomic E-state index is 12.6. The molecule has 2 atom stereocenters. The smallest absolute Gasteiger partial charge is 0.259 e. The van der Waals surface area contributed by atoms with Crippen molar-refractivity contribution in [2.75, 3.05) is 5.32 Å². The Morgan fingerprint density at radius 2 is 1.77 bits per heavy atom. The van der Waals surface area contributed by atoms with E-state index in [-0.39, 0.29) is 17.4 Å². The number of hydrogen-bond donors (Lipinski definition) is 2. The standard InChI is InChI=1S/C25H24ClNO3/c26-18-13-14-23(28)22(15-18)25(29)27-19-9-6-10-20(16-19)30-24-12-5-4-11-21(24)17-7-2-1-3-8-17/h1-3,6-10,13-16,21,24,28H,4-5,11-12H2,(H,27,29)/t21-,24?/m0/s1. The van der Waals surface area contributed by atoms with Crippen molar-refractivity contribution in [2.24, 2.45) is 0 Å². The fraction of sp³-hybridized carbons (Fsp3) is 0.240. The van der Waals surface area contributed by atoms with Gasteiger partial charge in [0.1, 0.15) is 17.6 Å². The zero-order valence-electron chi connectivity index (χ0n) is 16.6. The maximum Gasteiger partial charge on any atom is 0.259 e. The molecule has 154 valence electrons. The summed E-state index contributed by atoms with van der Waals surface area (Å²) < 4.78 is 6.37. The van der Waals surface area contributed by atoms with Gasteiger partial charge in [-0.2, -0.15) is 0 Å². The molecule has 1 unspecified atom stereocenters. The number of ether oxygens (including phenoxy) is 1. The molecule has 4 nitrogen and oxygen atoms in total. The molecule has 1 aliphatic rings. The van der Waals surface area contributed by atoms with Crippen molar-refractivity contribution in [2.45, 2.75) is 37.7 Å². The third-order valence-electron chi connectivity index (χ3n) is 5.51. The summed E-state index contributed by atoms with van der Waals surface area (Å²) in [6.45, 7) is 0. The maximum atomic E-state index is 12.6. The van der Waals surface area contributed by atoms with Gasteiger partial charge in [0.05, 0.1) is 5.56 Å². The highest BCUT2D eigenvalue weighted by Crippen LogP contribution is 2.36. The van der Waals surface area contributed by atoms with Crippen LogP contribution in [-0.2, 0) is 0 Å². The molecule has 0 aromatic heterocycles. The molecular formula is C25H24ClNO3. The van der Waals surface area contributed by atoms with Crippen LogP contribution in [0.2, 0.25) is 5.02 Å². The molecule has 1 aliphatic carbocycles. The number of hydrogen-bond acceptors (Lipinski definition) is 3. The van der Waals surface area contributed by atoms with Gasteiger partial charge in [-0.1, -0.05) is 54.4 Å². The summed E-state index contributed by atoms with van der Waals surface area (Å²) in [5, 5.41) is 13.1. The fourth-order valence-electron chi connectivity index (χ4n) is 4.03. The monoisotopic (exact) mass is 421 g/mol. The van der Waals surface area contributed by atoms with E-state index in [9.17, 15) is 9.90 Å². The van der Waals surface area contributed by atoms with E-state index in [1.165, 1.54) is 30.2 Å². The van der Waals surface area contributed by atoms with E-state index >= 15 is 0 Å². The molecule has 3 aromatic rings. The number of amides is 1. The zero-order valence-corrected chi connectivity index (χ0v) is 17.3. The Hall–Kier alpha value is -2.98. The molecule has 4 rings (SSSR count). The van der Waals surface area contributed by atoms with Gasteiger partial charge < -0.3 is 15.2 Å². The van der Waals surface area contributed by atoms with Crippen molar-refractivity contribution in [3.05, 3.63) is 88.9 Å². The summed E-state index contributed by atoms with van der Waals surface area (Å²) in [5.74, 6) is 0.543. The normalized spacial score (nSPS) is 18.6. The van der Waals surface area contributed by atoms with Crippen LogP contribution in [0.3, 0.4) is 0 Å². The first kappa shape index (κ1) is 20.3. The average molecular weight is 422 g/mol. The third-order valence-corrected chi connectivity index (χ3v) is 5.75. The lowest BCUT2D eigenvalue weighted by molar-refractivity contribution is 0.102. The molecule has 2 N–H and O–H groups in total. The summed E-state index contributed by atoms with van der Waals surface area (Å²) in [6.07, 6.45) is 4.58. The molecular weight excluding hydrogens is 398 g/mol. The topological polar surface area (TPSA) is 58.6 Å². The SMILES string of the molecule is O=C(Nc1cccc(OC2CCCC[C@H]2c2ccccc2)c1)c1cc(Cl)ccc1O. The summed E-state index contributed by atoms with van der Waals surface area (Å²) in [5.41, 5.74) is 2.04. The summed E-state index contributed by atoms with van der Waals surface area (Å²) >= 11 is 5.95. The second-order valence-corrected chi connectivity index (χ2v) is 8.04. The molecule has 30 heavy (non-hydrogen) atoms. The number of phenols is 1. The largest absolute Gasteiger partial charge is 0.507 e. The number of aromatic hydroxyl groups is 1. The Balaban J connectivity index is 1.49. The number of halogens is 1. The Morgan fingerprint density at radius 1 is 0.967 bits per heavy atom. The highest BCUT2D eigenvalue weighted by atomic mass is 35.5. The van der Waals surface area contributed by atoms with E-state index in [0.29, 0.717) is 16.6 Å². The predicted molar refractivity (Wildman–Crippen MR) is 120 cm³/mol. The van der Waals surface area contributed by atoms with Crippen LogP contribution in [0, 0.1) is 0 Å². The molecule has 0 heterocycles. The van der Waals surface area contributed by atoms with Gasteiger partial charge in [0.15, 0.2) is 0 Å². The van der Waals surface area contributed by atoms with Crippen LogP contribution in [0.15, 0.2) is 72.8 Å². The van der Waals surface area contributed by atoms with Crippen LogP contribution in [0.4, 0.5) is 5.69 Å². The van der Waals surface area contributed by atoms with Gasteiger partial charge in [-0.15, -0.1) is 0 Å². The first-order valence-corrected chi connectivity index (χ1v) is 10.6. The van der Waals surface area contributed by atoms with Crippen molar-refractivity contribution in [1.29, 1.82) is 0 Å².